The maximum absolute atomic E-state index is 11.7. The molecule has 0 bridgehead atoms. The summed E-state index contributed by atoms with van der Waals surface area (Å²) < 4.78 is 1.27. The molecule has 0 saturated heterocycles. The van der Waals surface area contributed by atoms with Gasteiger partial charge >= 0.3 is 0 Å². The molecule has 0 fully saturated rings. The summed E-state index contributed by atoms with van der Waals surface area (Å²) in [6.45, 7) is 0. The normalized spacial score (nSPS) is 10.6. The van der Waals surface area contributed by atoms with E-state index >= 15 is 0 Å². The Morgan fingerprint density at radius 2 is 1.88 bits per heavy atom. The van der Waals surface area contributed by atoms with Crippen LogP contribution in [0.3, 0.4) is 0 Å². The number of aromatic nitrogens is 1. The van der Waals surface area contributed by atoms with Gasteiger partial charge in [0.05, 0.1) is 9.99 Å². The second-order valence-corrected chi connectivity index (χ2v) is 4.78. The molecule has 82 valence electrons. The van der Waals surface area contributed by atoms with Crippen LogP contribution in [0.2, 0.25) is 0 Å². The van der Waals surface area contributed by atoms with E-state index in [1.807, 2.05) is 0 Å². The van der Waals surface area contributed by atoms with Crippen molar-refractivity contribution in [1.82, 2.24) is 4.98 Å². The van der Waals surface area contributed by atoms with E-state index in [0.717, 1.165) is 6.07 Å². The Labute approximate surface area is 106 Å². The number of H-pyrrole nitrogens is 1. The van der Waals surface area contributed by atoms with Gasteiger partial charge in [0.1, 0.15) is 0 Å². The number of benzene rings is 1. The first-order chi connectivity index (χ1) is 7.50. The maximum Gasteiger partial charge on any atom is 0.290 e. The number of nitrogens with one attached hydrogen (secondary N) is 1. The van der Waals surface area contributed by atoms with Gasteiger partial charge < -0.3 is 10.1 Å². The van der Waals surface area contributed by atoms with Crippen LogP contribution in [0.15, 0.2) is 36.7 Å². The van der Waals surface area contributed by atoms with E-state index in [-0.39, 0.29) is 0 Å². The summed E-state index contributed by atoms with van der Waals surface area (Å²) in [4.78, 5) is 25.5. The highest BCUT2D eigenvalue weighted by Gasteiger charge is 2.07. The van der Waals surface area contributed by atoms with E-state index in [4.69, 9.17) is 0 Å². The molecule has 0 aliphatic heterocycles. The van der Waals surface area contributed by atoms with Crippen LogP contribution in [0.5, 0.6) is 5.75 Å². The van der Waals surface area contributed by atoms with Crippen molar-refractivity contribution in [2.45, 2.75) is 0 Å². The predicted octanol–water partition coefficient (Wildman–Crippen LogP) is 2.12. The topological polar surface area (TPSA) is 70.2 Å². The van der Waals surface area contributed by atoms with Crippen molar-refractivity contribution in [1.29, 1.82) is 0 Å². The van der Waals surface area contributed by atoms with Crippen LogP contribution in [0.4, 0.5) is 0 Å². The van der Waals surface area contributed by atoms with Gasteiger partial charge in [-0.25, -0.2) is 0 Å². The number of rotatable bonds is 0. The van der Waals surface area contributed by atoms with Crippen LogP contribution < -0.4 is 11.0 Å². The molecular weight excluding hydrogens is 342 g/mol. The van der Waals surface area contributed by atoms with Crippen LogP contribution in [0.1, 0.15) is 0 Å². The lowest BCUT2D eigenvalue weighted by Crippen LogP contribution is -2.00. The van der Waals surface area contributed by atoms with E-state index in [0.29, 0.717) is 19.8 Å². The SMILES string of the molecule is O=c1[nH]c2c(Br)c(Br)ccc2c(=O)cc1O. The van der Waals surface area contributed by atoms with Crippen LogP contribution >= 0.6 is 31.9 Å². The highest BCUT2D eigenvalue weighted by molar-refractivity contribution is 9.13. The minimum atomic E-state index is -0.703. The molecule has 2 aromatic rings. The van der Waals surface area contributed by atoms with Crippen molar-refractivity contribution in [2.24, 2.45) is 0 Å². The van der Waals surface area contributed by atoms with Gasteiger partial charge in [-0.1, -0.05) is 0 Å². The van der Waals surface area contributed by atoms with Crippen LogP contribution in [-0.2, 0) is 0 Å². The third kappa shape index (κ3) is 1.78. The van der Waals surface area contributed by atoms with E-state index in [2.05, 4.69) is 36.8 Å². The molecule has 16 heavy (non-hydrogen) atoms. The minimum absolute atomic E-state index is 0.326. The summed E-state index contributed by atoms with van der Waals surface area (Å²) in [7, 11) is 0. The number of aromatic hydroxyl groups is 1. The van der Waals surface area contributed by atoms with Gasteiger partial charge in [0.25, 0.3) is 5.56 Å². The lowest BCUT2D eigenvalue weighted by molar-refractivity contribution is 0.468. The van der Waals surface area contributed by atoms with Crippen molar-refractivity contribution >= 4 is 42.8 Å². The van der Waals surface area contributed by atoms with Gasteiger partial charge in [0.15, 0.2) is 11.2 Å². The van der Waals surface area contributed by atoms with Crippen molar-refractivity contribution in [3.8, 4) is 5.75 Å². The molecule has 1 aromatic carbocycles. The van der Waals surface area contributed by atoms with Crippen molar-refractivity contribution in [2.75, 3.05) is 0 Å². The van der Waals surface area contributed by atoms with Crippen molar-refractivity contribution < 1.29 is 5.11 Å². The largest absolute Gasteiger partial charge is 0.503 e. The molecule has 0 unspecified atom stereocenters. The maximum atomic E-state index is 11.7. The summed E-state index contributed by atoms with van der Waals surface area (Å²) in [5, 5.41) is 9.59. The molecule has 0 amide bonds. The summed E-state index contributed by atoms with van der Waals surface area (Å²) in [6, 6.07) is 4.16. The number of halogens is 2. The molecule has 0 atom stereocenters. The Morgan fingerprint density at radius 1 is 1.19 bits per heavy atom. The zero-order valence-corrected chi connectivity index (χ0v) is 10.9. The zero-order valence-electron chi connectivity index (χ0n) is 7.75. The lowest BCUT2D eigenvalue weighted by Gasteiger charge is -1.98. The van der Waals surface area contributed by atoms with Crippen LogP contribution in [0, 0.1) is 0 Å². The Bertz CT molecular complexity index is 694. The molecule has 1 aromatic heterocycles. The van der Waals surface area contributed by atoms with Gasteiger partial charge in [-0.05, 0) is 44.0 Å². The highest BCUT2D eigenvalue weighted by atomic mass is 79.9. The fraction of sp³-hybridized carbons (Fsp3) is 0. The van der Waals surface area contributed by atoms with E-state index < -0.39 is 16.7 Å². The van der Waals surface area contributed by atoms with Gasteiger partial charge in [-0.2, -0.15) is 0 Å². The molecule has 0 aliphatic rings. The predicted molar refractivity (Wildman–Crippen MR) is 67.9 cm³/mol. The Balaban J connectivity index is 3.17. The number of aromatic amines is 1. The molecule has 2 rings (SSSR count). The van der Waals surface area contributed by atoms with E-state index in [1.165, 1.54) is 0 Å². The fourth-order valence-corrected chi connectivity index (χ4v) is 2.10. The molecule has 6 heteroatoms. The first-order valence-corrected chi connectivity index (χ1v) is 5.83. The molecule has 2 N–H and O–H groups in total. The van der Waals surface area contributed by atoms with Gasteiger partial charge in [-0.15, -0.1) is 0 Å². The molecule has 0 aliphatic carbocycles. The minimum Gasteiger partial charge on any atom is -0.503 e. The first-order valence-electron chi connectivity index (χ1n) is 4.25. The molecule has 0 radical (unpaired) electrons. The highest BCUT2D eigenvalue weighted by Crippen LogP contribution is 2.28. The second-order valence-electron chi connectivity index (χ2n) is 3.13. The molecule has 1 heterocycles. The third-order valence-electron chi connectivity index (χ3n) is 2.10. The second kappa shape index (κ2) is 4.03. The Kier molecular flexibility index (Phi) is 2.86. The van der Waals surface area contributed by atoms with Crippen molar-refractivity contribution in [3.63, 3.8) is 0 Å². The summed E-state index contributed by atoms with van der Waals surface area (Å²) in [5.41, 5.74) is -0.769. The molecule has 4 nitrogen and oxygen atoms in total. The zero-order chi connectivity index (χ0) is 11.9. The van der Waals surface area contributed by atoms with E-state index in [9.17, 15) is 14.7 Å². The van der Waals surface area contributed by atoms with Gasteiger partial charge in [0.2, 0.25) is 0 Å². The number of hydrogen-bond acceptors (Lipinski definition) is 3. The fourth-order valence-electron chi connectivity index (χ4n) is 1.32. The Hall–Kier alpha value is -1.14. The average Bonchev–Trinajstić information content (AvgIpc) is 2.33. The summed E-state index contributed by atoms with van der Waals surface area (Å²) in [5.74, 6) is -0.593. The number of fused-ring (bicyclic) bond motifs is 1. The summed E-state index contributed by atoms with van der Waals surface area (Å²) in [6.07, 6.45) is 0. The van der Waals surface area contributed by atoms with Crippen LogP contribution in [-0.4, -0.2) is 10.1 Å². The number of hydrogen-bond donors (Lipinski definition) is 2. The monoisotopic (exact) mass is 345 g/mol. The van der Waals surface area contributed by atoms with Crippen LogP contribution in [0.25, 0.3) is 10.9 Å². The third-order valence-corrected chi connectivity index (χ3v) is 4.12. The first kappa shape index (κ1) is 11.3. The lowest BCUT2D eigenvalue weighted by atomic mass is 10.2. The standard InChI is InChI=1S/C10H5Br2NO3/c11-5-2-1-4-6(14)3-7(15)10(16)13-9(4)8(5)12/h1-3,15H,(H,13,16). The van der Waals surface area contributed by atoms with Gasteiger partial charge in [0, 0.05) is 15.9 Å². The summed E-state index contributed by atoms with van der Waals surface area (Å²) >= 11 is 6.52. The molecule has 0 saturated carbocycles. The molecular formula is C10H5Br2NO3. The van der Waals surface area contributed by atoms with Gasteiger partial charge in [-0.3, -0.25) is 9.59 Å². The van der Waals surface area contributed by atoms with E-state index in [1.54, 1.807) is 12.1 Å². The quantitative estimate of drug-likeness (QED) is 0.767. The molecule has 0 spiro atoms. The average molecular weight is 347 g/mol. The Morgan fingerprint density at radius 3 is 2.56 bits per heavy atom. The smallest absolute Gasteiger partial charge is 0.290 e. The van der Waals surface area contributed by atoms with Crippen molar-refractivity contribution in [3.05, 3.63) is 47.7 Å².